The van der Waals surface area contributed by atoms with Gasteiger partial charge < -0.3 is 0 Å². The lowest BCUT2D eigenvalue weighted by atomic mass is 10.0. The average molecular weight is 445 g/mol. The number of nitrogens with zero attached hydrogens (tertiary/aromatic N) is 4. The smallest absolute Gasteiger partial charge is 0.244 e. The van der Waals surface area contributed by atoms with E-state index in [0.29, 0.717) is 5.56 Å². The van der Waals surface area contributed by atoms with Crippen LogP contribution in [0.3, 0.4) is 0 Å². The maximum atomic E-state index is 13.3. The number of alkyl halides is 3. The molecule has 0 amide bonds. The van der Waals surface area contributed by atoms with Crippen LogP contribution in [-0.2, 0) is 16.2 Å². The number of halogens is 3. The monoisotopic (exact) mass is 445 g/mol. The van der Waals surface area contributed by atoms with Gasteiger partial charge in [-0.25, -0.2) is 28.2 Å². The third-order valence-corrected chi connectivity index (χ3v) is 5.41. The second-order valence-corrected chi connectivity index (χ2v) is 8.13. The molecule has 2 heterocycles. The fourth-order valence-electron chi connectivity index (χ4n) is 2.98. The lowest BCUT2D eigenvalue weighted by Gasteiger charge is -2.09. The lowest BCUT2D eigenvalue weighted by Crippen LogP contribution is -2.12. The molecule has 0 saturated heterocycles. The lowest BCUT2D eigenvalue weighted by molar-refractivity contribution is -0.141. The van der Waals surface area contributed by atoms with Crippen molar-refractivity contribution in [2.24, 2.45) is 5.14 Å². The molecule has 0 radical (unpaired) electrons. The predicted octanol–water partition coefficient (Wildman–Crippen LogP) is 3.66. The summed E-state index contributed by atoms with van der Waals surface area (Å²) in [6.07, 6.45) is 0.000254. The number of sulfonamides is 1. The Morgan fingerprint density at radius 1 is 0.839 bits per heavy atom. The average Bonchev–Trinajstić information content (AvgIpc) is 3.20. The topological polar surface area (TPSA) is 104 Å². The minimum atomic E-state index is -4.65. The highest BCUT2D eigenvalue weighted by Gasteiger charge is 2.35. The number of hydrogen-bond donors (Lipinski definition) is 1. The molecule has 7 nitrogen and oxygen atoms in total. The summed E-state index contributed by atoms with van der Waals surface area (Å²) in [5, 5.41) is 8.77. The van der Waals surface area contributed by atoms with Crippen LogP contribution in [0.2, 0.25) is 0 Å². The van der Waals surface area contributed by atoms with Gasteiger partial charge in [0.25, 0.3) is 0 Å². The van der Waals surface area contributed by atoms with Crippen molar-refractivity contribution in [2.45, 2.75) is 11.1 Å². The molecule has 0 fully saturated rings. The molecule has 0 unspecified atom stereocenters. The Bertz CT molecular complexity index is 1320. The normalized spacial score (nSPS) is 12.1. The van der Waals surface area contributed by atoms with Gasteiger partial charge in [0.2, 0.25) is 10.0 Å². The van der Waals surface area contributed by atoms with Gasteiger partial charge >= 0.3 is 6.18 Å². The molecular weight excluding hydrogens is 431 g/mol. The molecule has 4 rings (SSSR count). The molecule has 0 aliphatic rings. The van der Waals surface area contributed by atoms with E-state index in [0.717, 1.165) is 21.9 Å². The molecule has 0 atom stereocenters. The molecule has 31 heavy (non-hydrogen) atoms. The highest BCUT2D eigenvalue weighted by atomic mass is 32.2. The van der Waals surface area contributed by atoms with E-state index in [1.807, 2.05) is 0 Å². The third kappa shape index (κ3) is 4.32. The maximum Gasteiger partial charge on any atom is 0.435 e. The maximum absolute atomic E-state index is 13.3. The Hall–Kier alpha value is -3.57. The molecule has 158 valence electrons. The minimum absolute atomic E-state index is 0.157. The molecule has 2 aromatic carbocycles. The van der Waals surface area contributed by atoms with Gasteiger partial charge in [0.05, 0.1) is 16.3 Å². The summed E-state index contributed by atoms with van der Waals surface area (Å²) in [5.74, 6) is 0. The zero-order valence-corrected chi connectivity index (χ0v) is 16.5. The number of hydrogen-bond acceptors (Lipinski definition) is 5. The standard InChI is InChI=1S/C20H14F3N5O2S/c21-20(22,23)19-9-18(14-3-1-13(2-4-14)15-10-25-12-26-11-15)28(27-19)16-5-7-17(8-6-16)31(24,29)30/h1-12H,(H2,24,29,30). The van der Waals surface area contributed by atoms with Crippen molar-refractivity contribution in [3.8, 4) is 28.1 Å². The Kier molecular flexibility index (Phi) is 5.07. The second-order valence-electron chi connectivity index (χ2n) is 6.57. The van der Waals surface area contributed by atoms with Crippen molar-refractivity contribution < 1.29 is 21.6 Å². The fraction of sp³-hybridized carbons (Fsp3) is 0.0500. The van der Waals surface area contributed by atoms with Crippen LogP contribution in [0, 0.1) is 0 Å². The van der Waals surface area contributed by atoms with Crippen molar-refractivity contribution >= 4 is 10.0 Å². The van der Waals surface area contributed by atoms with Crippen LogP contribution in [0.25, 0.3) is 28.1 Å². The number of rotatable bonds is 4. The molecular formula is C20H14F3N5O2S. The number of aromatic nitrogens is 4. The van der Waals surface area contributed by atoms with Gasteiger partial charge in [0, 0.05) is 23.5 Å². The van der Waals surface area contributed by atoms with E-state index in [9.17, 15) is 21.6 Å². The van der Waals surface area contributed by atoms with Crippen molar-refractivity contribution in [1.29, 1.82) is 0 Å². The van der Waals surface area contributed by atoms with Crippen LogP contribution in [0.5, 0.6) is 0 Å². The first-order valence-electron chi connectivity index (χ1n) is 8.79. The number of benzene rings is 2. The van der Waals surface area contributed by atoms with Crippen LogP contribution in [-0.4, -0.2) is 28.2 Å². The van der Waals surface area contributed by atoms with Gasteiger partial charge in [-0.2, -0.15) is 18.3 Å². The molecule has 0 aliphatic heterocycles. The van der Waals surface area contributed by atoms with Crippen molar-refractivity contribution in [3.05, 3.63) is 79.0 Å². The van der Waals surface area contributed by atoms with Crippen LogP contribution in [0.4, 0.5) is 13.2 Å². The molecule has 0 bridgehead atoms. The quantitative estimate of drug-likeness (QED) is 0.516. The molecule has 11 heteroatoms. The Balaban J connectivity index is 1.79. The zero-order chi connectivity index (χ0) is 22.2. The first-order chi connectivity index (χ1) is 14.6. The van der Waals surface area contributed by atoms with Gasteiger partial charge in [-0.3, -0.25) is 0 Å². The SMILES string of the molecule is NS(=O)(=O)c1ccc(-n2nc(C(F)(F)F)cc2-c2ccc(-c3cncnc3)cc2)cc1. The number of nitrogens with two attached hydrogens (primary N) is 1. The van der Waals surface area contributed by atoms with E-state index >= 15 is 0 Å². The number of primary sulfonamides is 1. The van der Waals surface area contributed by atoms with Gasteiger partial charge in [-0.1, -0.05) is 24.3 Å². The fourth-order valence-corrected chi connectivity index (χ4v) is 3.50. The minimum Gasteiger partial charge on any atom is -0.244 e. The van der Waals surface area contributed by atoms with Crippen LogP contribution < -0.4 is 5.14 Å². The van der Waals surface area contributed by atoms with Crippen molar-refractivity contribution in [3.63, 3.8) is 0 Å². The largest absolute Gasteiger partial charge is 0.435 e. The van der Waals surface area contributed by atoms with Gasteiger partial charge in [0.1, 0.15) is 6.33 Å². The van der Waals surface area contributed by atoms with Gasteiger partial charge in [-0.05, 0) is 35.9 Å². The summed E-state index contributed by atoms with van der Waals surface area (Å²) < 4.78 is 64.0. The Labute approximate surface area is 175 Å². The van der Waals surface area contributed by atoms with E-state index in [1.54, 1.807) is 36.7 Å². The molecule has 0 spiro atoms. The summed E-state index contributed by atoms with van der Waals surface area (Å²) in [6.45, 7) is 0. The first-order valence-corrected chi connectivity index (χ1v) is 10.3. The van der Waals surface area contributed by atoms with E-state index in [2.05, 4.69) is 15.1 Å². The second kappa shape index (κ2) is 7.60. The summed E-state index contributed by atoms with van der Waals surface area (Å²) in [7, 11) is -3.93. The summed E-state index contributed by atoms with van der Waals surface area (Å²) in [5.41, 5.74) is 1.41. The van der Waals surface area contributed by atoms with Crippen molar-refractivity contribution in [1.82, 2.24) is 19.7 Å². The molecule has 4 aromatic rings. The van der Waals surface area contributed by atoms with Gasteiger partial charge in [-0.15, -0.1) is 0 Å². The highest BCUT2D eigenvalue weighted by Crippen LogP contribution is 2.34. The van der Waals surface area contributed by atoms with E-state index < -0.39 is 21.9 Å². The van der Waals surface area contributed by atoms with E-state index in [4.69, 9.17) is 5.14 Å². The van der Waals surface area contributed by atoms with Crippen LogP contribution in [0.1, 0.15) is 5.69 Å². The molecule has 0 aliphatic carbocycles. The zero-order valence-electron chi connectivity index (χ0n) is 15.7. The van der Waals surface area contributed by atoms with E-state index in [1.165, 1.54) is 30.6 Å². The van der Waals surface area contributed by atoms with Gasteiger partial charge in [0.15, 0.2) is 5.69 Å². The van der Waals surface area contributed by atoms with E-state index in [-0.39, 0.29) is 16.3 Å². The Morgan fingerprint density at radius 2 is 1.42 bits per heavy atom. The summed E-state index contributed by atoms with van der Waals surface area (Å²) in [4.78, 5) is 7.74. The highest BCUT2D eigenvalue weighted by molar-refractivity contribution is 7.89. The molecule has 2 N–H and O–H groups in total. The summed E-state index contributed by atoms with van der Waals surface area (Å²) in [6, 6.07) is 12.8. The summed E-state index contributed by atoms with van der Waals surface area (Å²) >= 11 is 0. The Morgan fingerprint density at radius 3 is 1.97 bits per heavy atom. The van der Waals surface area contributed by atoms with Crippen LogP contribution >= 0.6 is 0 Å². The predicted molar refractivity (Wildman–Crippen MR) is 106 cm³/mol. The van der Waals surface area contributed by atoms with Crippen LogP contribution in [0.15, 0.2) is 78.2 Å². The molecule has 0 saturated carbocycles. The first kappa shape index (κ1) is 20.7. The van der Waals surface area contributed by atoms with Crippen molar-refractivity contribution in [2.75, 3.05) is 0 Å². The molecule has 2 aromatic heterocycles. The third-order valence-electron chi connectivity index (χ3n) is 4.48.